The molecule has 1 saturated heterocycles. The fourth-order valence-corrected chi connectivity index (χ4v) is 3.68. The zero-order chi connectivity index (χ0) is 19.2. The van der Waals surface area contributed by atoms with E-state index in [1.54, 1.807) is 49.5 Å². The minimum Gasteiger partial charge on any atom is -0.319 e. The molecule has 7 nitrogen and oxygen atoms in total. The topological polar surface area (TPSA) is 95.6 Å². The number of nitrogens with one attached hydrogen (secondary N) is 2. The lowest BCUT2D eigenvalue weighted by molar-refractivity contribution is -0.125. The van der Waals surface area contributed by atoms with Crippen LogP contribution in [0.5, 0.6) is 0 Å². The van der Waals surface area contributed by atoms with Crippen LogP contribution in [0.4, 0.5) is 10.5 Å². The standard InChI is InChI=1S/C20H17N3O4/c1-23-19(27)22-18(26)20(23)10-13-7-8-15(9-14(13)11-20)21-17(25)16(24)12-5-3-2-4-6-12/h2-9H,10-11H2,1H3,(H,21,25)(H,22,26,27). The molecule has 1 aliphatic carbocycles. The molecule has 136 valence electrons. The van der Waals surface area contributed by atoms with E-state index >= 15 is 0 Å². The van der Waals surface area contributed by atoms with Gasteiger partial charge in [-0.05, 0) is 23.3 Å². The van der Waals surface area contributed by atoms with Crippen molar-refractivity contribution in [2.45, 2.75) is 18.4 Å². The van der Waals surface area contributed by atoms with E-state index in [4.69, 9.17) is 0 Å². The van der Waals surface area contributed by atoms with Crippen molar-refractivity contribution in [3.05, 3.63) is 65.2 Å². The molecule has 4 amide bonds. The number of rotatable bonds is 3. The van der Waals surface area contributed by atoms with Crippen LogP contribution in [-0.2, 0) is 22.4 Å². The number of Topliss-reactive ketones (excluding diaryl/α,β-unsaturated/α-hetero) is 1. The molecule has 2 N–H and O–H groups in total. The van der Waals surface area contributed by atoms with Crippen LogP contribution in [0.15, 0.2) is 48.5 Å². The average Bonchev–Trinajstić information content (AvgIpc) is 3.15. The van der Waals surface area contributed by atoms with Gasteiger partial charge in [0.1, 0.15) is 5.54 Å². The van der Waals surface area contributed by atoms with E-state index in [9.17, 15) is 19.2 Å². The van der Waals surface area contributed by atoms with Crippen LogP contribution in [-0.4, -0.2) is 41.1 Å². The van der Waals surface area contributed by atoms with Crippen LogP contribution in [0.1, 0.15) is 21.5 Å². The number of benzene rings is 2. The first-order chi connectivity index (χ1) is 12.9. The van der Waals surface area contributed by atoms with Gasteiger partial charge in [0, 0.05) is 31.1 Å². The van der Waals surface area contributed by atoms with Crippen LogP contribution in [0.25, 0.3) is 0 Å². The Hall–Kier alpha value is -3.48. The van der Waals surface area contributed by atoms with Crippen molar-refractivity contribution in [1.82, 2.24) is 10.2 Å². The lowest BCUT2D eigenvalue weighted by Crippen LogP contribution is -2.48. The number of urea groups is 1. The van der Waals surface area contributed by atoms with Gasteiger partial charge >= 0.3 is 6.03 Å². The van der Waals surface area contributed by atoms with Crippen molar-refractivity contribution in [3.8, 4) is 0 Å². The van der Waals surface area contributed by atoms with Crippen molar-refractivity contribution in [2.24, 2.45) is 0 Å². The molecule has 0 radical (unpaired) electrons. The maximum atomic E-state index is 12.3. The van der Waals surface area contributed by atoms with Gasteiger partial charge in [0.05, 0.1) is 0 Å². The number of ketones is 1. The van der Waals surface area contributed by atoms with Crippen LogP contribution in [0.3, 0.4) is 0 Å². The number of carbonyl (C=O) groups is 4. The van der Waals surface area contributed by atoms with E-state index in [0.717, 1.165) is 11.1 Å². The number of anilines is 1. The molecular weight excluding hydrogens is 346 g/mol. The monoisotopic (exact) mass is 363 g/mol. The first kappa shape index (κ1) is 17.0. The average molecular weight is 363 g/mol. The van der Waals surface area contributed by atoms with E-state index in [1.807, 2.05) is 6.07 Å². The highest BCUT2D eigenvalue weighted by Crippen LogP contribution is 2.38. The molecule has 0 bridgehead atoms. The number of nitrogens with zero attached hydrogens (tertiary/aromatic N) is 1. The Labute approximate surface area is 155 Å². The van der Waals surface area contributed by atoms with E-state index in [1.165, 1.54) is 4.90 Å². The summed E-state index contributed by atoms with van der Waals surface area (Å²) in [6.07, 6.45) is 0.792. The van der Waals surface area contributed by atoms with E-state index in [2.05, 4.69) is 10.6 Å². The quantitative estimate of drug-likeness (QED) is 0.491. The summed E-state index contributed by atoms with van der Waals surface area (Å²) < 4.78 is 0. The van der Waals surface area contributed by atoms with Gasteiger partial charge in [-0.25, -0.2) is 4.79 Å². The largest absolute Gasteiger partial charge is 0.324 e. The highest BCUT2D eigenvalue weighted by Gasteiger charge is 2.54. The Morgan fingerprint density at radius 1 is 1.04 bits per heavy atom. The smallest absolute Gasteiger partial charge is 0.319 e. The summed E-state index contributed by atoms with van der Waals surface area (Å²) in [7, 11) is 1.60. The second kappa shape index (κ2) is 6.05. The summed E-state index contributed by atoms with van der Waals surface area (Å²) >= 11 is 0. The number of carbonyl (C=O) groups excluding carboxylic acids is 4. The predicted molar refractivity (Wildman–Crippen MR) is 97.3 cm³/mol. The summed E-state index contributed by atoms with van der Waals surface area (Å²) in [6, 6.07) is 13.2. The number of likely N-dealkylation sites (N-methyl/N-ethyl adjacent to an activating group) is 1. The van der Waals surface area contributed by atoms with Crippen molar-refractivity contribution >= 4 is 29.3 Å². The summed E-state index contributed by atoms with van der Waals surface area (Å²) in [6.45, 7) is 0. The SMILES string of the molecule is CN1C(=O)NC(=O)C12Cc1ccc(NC(=O)C(=O)c3ccccc3)cc1C2. The molecule has 2 aliphatic rings. The van der Waals surface area contributed by atoms with Crippen molar-refractivity contribution in [1.29, 1.82) is 0 Å². The van der Waals surface area contributed by atoms with Gasteiger partial charge in [-0.15, -0.1) is 0 Å². The summed E-state index contributed by atoms with van der Waals surface area (Å²) in [5, 5.41) is 4.96. The lowest BCUT2D eigenvalue weighted by Gasteiger charge is -2.27. The van der Waals surface area contributed by atoms with Gasteiger partial charge in [-0.1, -0.05) is 36.4 Å². The van der Waals surface area contributed by atoms with Crippen LogP contribution >= 0.6 is 0 Å². The van der Waals surface area contributed by atoms with Crippen LogP contribution in [0, 0.1) is 0 Å². The van der Waals surface area contributed by atoms with Gasteiger partial charge < -0.3 is 10.2 Å². The normalized spacial score (nSPS) is 20.6. The van der Waals surface area contributed by atoms with Gasteiger partial charge in [0.2, 0.25) is 0 Å². The maximum Gasteiger partial charge on any atom is 0.324 e. The number of hydrogen-bond acceptors (Lipinski definition) is 4. The van der Waals surface area contributed by atoms with E-state index in [-0.39, 0.29) is 5.91 Å². The second-order valence-corrected chi connectivity index (χ2v) is 6.84. The zero-order valence-electron chi connectivity index (χ0n) is 14.6. The molecule has 4 rings (SSSR count). The molecule has 1 spiro atoms. The lowest BCUT2D eigenvalue weighted by atomic mass is 9.95. The molecule has 2 aromatic rings. The summed E-state index contributed by atoms with van der Waals surface area (Å²) in [4.78, 5) is 50.0. The van der Waals surface area contributed by atoms with Gasteiger partial charge in [-0.3, -0.25) is 19.7 Å². The minimum atomic E-state index is -0.915. The maximum absolute atomic E-state index is 12.3. The Morgan fingerprint density at radius 2 is 1.74 bits per heavy atom. The number of amides is 4. The van der Waals surface area contributed by atoms with E-state index in [0.29, 0.717) is 24.1 Å². The third-order valence-corrected chi connectivity index (χ3v) is 5.26. The third kappa shape index (κ3) is 2.68. The number of fused-ring (bicyclic) bond motifs is 1. The zero-order valence-corrected chi connectivity index (χ0v) is 14.6. The first-order valence-electron chi connectivity index (χ1n) is 8.52. The highest BCUT2D eigenvalue weighted by molar-refractivity contribution is 6.46. The molecule has 1 heterocycles. The molecule has 1 fully saturated rings. The number of imide groups is 1. The van der Waals surface area contributed by atoms with Crippen molar-refractivity contribution < 1.29 is 19.2 Å². The highest BCUT2D eigenvalue weighted by atomic mass is 16.2. The Kier molecular flexibility index (Phi) is 3.80. The summed E-state index contributed by atoms with van der Waals surface area (Å²) in [5.74, 6) is -1.65. The van der Waals surface area contributed by atoms with Crippen LogP contribution in [0.2, 0.25) is 0 Å². The van der Waals surface area contributed by atoms with E-state index < -0.39 is 23.3 Å². The minimum absolute atomic E-state index is 0.309. The molecule has 0 aromatic heterocycles. The molecule has 27 heavy (non-hydrogen) atoms. The molecule has 7 heteroatoms. The summed E-state index contributed by atoms with van der Waals surface area (Å²) in [5.41, 5.74) is 1.70. The fourth-order valence-electron chi connectivity index (χ4n) is 3.68. The molecule has 2 aromatic carbocycles. The van der Waals surface area contributed by atoms with Gasteiger partial charge in [0.15, 0.2) is 0 Å². The second-order valence-electron chi connectivity index (χ2n) is 6.84. The first-order valence-corrected chi connectivity index (χ1v) is 8.52. The molecule has 1 unspecified atom stereocenters. The fraction of sp³-hybridized carbons (Fsp3) is 0.200. The molecule has 0 saturated carbocycles. The Morgan fingerprint density at radius 3 is 2.41 bits per heavy atom. The van der Waals surface area contributed by atoms with Crippen LogP contribution < -0.4 is 10.6 Å². The Balaban J connectivity index is 1.54. The van der Waals surface area contributed by atoms with Crippen molar-refractivity contribution in [2.75, 3.05) is 12.4 Å². The number of hydrogen-bond donors (Lipinski definition) is 2. The third-order valence-electron chi connectivity index (χ3n) is 5.26. The molecular formula is C20H17N3O4. The van der Waals surface area contributed by atoms with Crippen molar-refractivity contribution in [3.63, 3.8) is 0 Å². The Bertz CT molecular complexity index is 986. The molecule has 1 aliphatic heterocycles. The molecule has 1 atom stereocenters. The predicted octanol–water partition coefficient (Wildman–Crippen LogP) is 1.53. The van der Waals surface area contributed by atoms with Gasteiger partial charge in [0.25, 0.3) is 17.6 Å². The van der Waals surface area contributed by atoms with Gasteiger partial charge in [-0.2, -0.15) is 0 Å².